The molecule has 0 aliphatic rings. The fourth-order valence-electron chi connectivity index (χ4n) is 0.813. The van der Waals surface area contributed by atoms with Gasteiger partial charge in [-0.25, -0.2) is 0 Å². The zero-order chi connectivity index (χ0) is 8.85. The molecule has 1 unspecified atom stereocenters. The van der Waals surface area contributed by atoms with E-state index in [-0.39, 0.29) is 0 Å². The van der Waals surface area contributed by atoms with Crippen LogP contribution < -0.4 is 4.72 Å². The van der Waals surface area contributed by atoms with Crippen LogP contribution in [-0.2, 0) is 4.79 Å². The lowest BCUT2D eigenvalue weighted by Gasteiger charge is -2.13. The Morgan fingerprint density at radius 3 is 2.45 bits per heavy atom. The van der Waals surface area contributed by atoms with Gasteiger partial charge in [-0.05, 0) is 18.6 Å². The van der Waals surface area contributed by atoms with E-state index in [1.807, 2.05) is 20.1 Å². The average molecular weight is 177 g/mol. The summed E-state index contributed by atoms with van der Waals surface area (Å²) in [5, 5.41) is 8.68. The third-order valence-corrected chi connectivity index (χ3v) is 1.79. The van der Waals surface area contributed by atoms with Crippen LogP contribution in [-0.4, -0.2) is 23.4 Å². The quantitative estimate of drug-likeness (QED) is 0.622. The molecule has 0 spiro atoms. The van der Waals surface area contributed by atoms with Crippen LogP contribution in [0.1, 0.15) is 20.3 Å². The molecule has 0 saturated carbocycles. The van der Waals surface area contributed by atoms with Crippen molar-refractivity contribution in [1.29, 1.82) is 0 Å². The third kappa shape index (κ3) is 5.09. The first-order valence-electron chi connectivity index (χ1n) is 3.59. The van der Waals surface area contributed by atoms with Gasteiger partial charge in [0.25, 0.3) is 0 Å². The highest BCUT2D eigenvalue weighted by Gasteiger charge is 2.16. The molecule has 0 aromatic rings. The predicted octanol–water partition coefficient (Wildman–Crippen LogP) is 1.35. The van der Waals surface area contributed by atoms with Crippen LogP contribution in [0.4, 0.5) is 0 Å². The van der Waals surface area contributed by atoms with E-state index in [0.29, 0.717) is 12.3 Å². The van der Waals surface area contributed by atoms with Crippen molar-refractivity contribution in [3.8, 4) is 0 Å². The minimum Gasteiger partial charge on any atom is -0.480 e. The average Bonchev–Trinajstić information content (AvgIpc) is 1.86. The first kappa shape index (κ1) is 10.8. The molecule has 0 saturated heterocycles. The van der Waals surface area contributed by atoms with Crippen LogP contribution in [0, 0.1) is 5.92 Å². The van der Waals surface area contributed by atoms with Crippen LogP contribution in [0.25, 0.3) is 0 Å². The van der Waals surface area contributed by atoms with Crippen LogP contribution in [0.5, 0.6) is 0 Å². The summed E-state index contributed by atoms with van der Waals surface area (Å²) < 4.78 is 2.83. The van der Waals surface area contributed by atoms with E-state index >= 15 is 0 Å². The van der Waals surface area contributed by atoms with Crippen molar-refractivity contribution in [3.63, 3.8) is 0 Å². The molecule has 0 bridgehead atoms. The maximum atomic E-state index is 10.5. The van der Waals surface area contributed by atoms with Gasteiger partial charge in [0.1, 0.15) is 6.04 Å². The summed E-state index contributed by atoms with van der Waals surface area (Å²) in [5.74, 6) is -0.358. The minimum atomic E-state index is -0.770. The normalized spacial score (nSPS) is 13.5. The van der Waals surface area contributed by atoms with Gasteiger partial charge in [-0.3, -0.25) is 9.52 Å². The van der Waals surface area contributed by atoms with E-state index in [2.05, 4.69) is 4.72 Å². The fraction of sp³-hybridized carbons (Fsp3) is 0.857. The second-order valence-corrected chi connectivity index (χ2v) is 3.49. The smallest absolute Gasteiger partial charge is 0.321 e. The molecule has 1 atom stereocenters. The summed E-state index contributed by atoms with van der Waals surface area (Å²) in [6.45, 7) is 4.02. The van der Waals surface area contributed by atoms with E-state index in [1.54, 1.807) is 0 Å². The zero-order valence-electron chi connectivity index (χ0n) is 7.13. The van der Waals surface area contributed by atoms with Crippen molar-refractivity contribution in [3.05, 3.63) is 0 Å². The van der Waals surface area contributed by atoms with E-state index in [9.17, 15) is 4.79 Å². The monoisotopic (exact) mass is 177 g/mol. The van der Waals surface area contributed by atoms with Gasteiger partial charge in [0, 0.05) is 0 Å². The van der Waals surface area contributed by atoms with Crippen LogP contribution in [0.2, 0.25) is 0 Å². The molecular weight excluding hydrogens is 162 g/mol. The van der Waals surface area contributed by atoms with Gasteiger partial charge in [0.05, 0.1) is 0 Å². The molecule has 3 nitrogen and oxygen atoms in total. The Labute approximate surface area is 71.7 Å². The summed E-state index contributed by atoms with van der Waals surface area (Å²) in [6, 6.07) is -0.412. The molecule has 0 aromatic carbocycles. The molecule has 11 heavy (non-hydrogen) atoms. The summed E-state index contributed by atoms with van der Waals surface area (Å²) in [5.41, 5.74) is 0. The fourth-order valence-corrected chi connectivity index (χ4v) is 1.29. The molecule has 2 N–H and O–H groups in total. The molecule has 0 amide bonds. The molecule has 66 valence electrons. The number of carboxylic acid groups (broad SMARTS) is 1. The summed E-state index contributed by atoms with van der Waals surface area (Å²) >= 11 is 1.35. The Bertz CT molecular complexity index is 128. The van der Waals surface area contributed by atoms with Gasteiger partial charge in [0.2, 0.25) is 0 Å². The molecule has 0 aliphatic heterocycles. The Morgan fingerprint density at radius 2 is 2.18 bits per heavy atom. The largest absolute Gasteiger partial charge is 0.480 e. The highest BCUT2D eigenvalue weighted by atomic mass is 32.2. The van der Waals surface area contributed by atoms with Crippen molar-refractivity contribution >= 4 is 17.9 Å². The Balaban J connectivity index is 3.79. The standard InChI is InChI=1S/C7H15NO2S/c1-5(2)4-6(7(9)10)8-11-3/h5-6,8H,4H2,1-3H3,(H,9,10). The maximum Gasteiger partial charge on any atom is 0.321 e. The van der Waals surface area contributed by atoms with Gasteiger partial charge in [-0.1, -0.05) is 25.8 Å². The molecule has 0 heterocycles. The summed E-state index contributed by atoms with van der Waals surface area (Å²) in [7, 11) is 0. The number of hydrogen-bond acceptors (Lipinski definition) is 3. The van der Waals surface area contributed by atoms with Crippen molar-refractivity contribution < 1.29 is 9.90 Å². The lowest BCUT2D eigenvalue weighted by molar-refractivity contribution is -0.139. The SMILES string of the molecule is CSNC(CC(C)C)C(=O)O. The second-order valence-electron chi connectivity index (χ2n) is 2.84. The Kier molecular flexibility index (Phi) is 5.32. The zero-order valence-corrected chi connectivity index (χ0v) is 7.94. The number of carboxylic acids is 1. The van der Waals surface area contributed by atoms with Crippen molar-refractivity contribution in [2.24, 2.45) is 5.92 Å². The molecular formula is C7H15NO2S. The predicted molar refractivity (Wildman–Crippen MR) is 47.5 cm³/mol. The van der Waals surface area contributed by atoms with Crippen molar-refractivity contribution in [1.82, 2.24) is 4.72 Å². The highest BCUT2D eigenvalue weighted by molar-refractivity contribution is 7.96. The van der Waals surface area contributed by atoms with Crippen LogP contribution in [0.15, 0.2) is 0 Å². The second kappa shape index (κ2) is 5.43. The van der Waals surface area contributed by atoms with Gasteiger partial charge in [-0.2, -0.15) is 0 Å². The number of carbonyl (C=O) groups is 1. The topological polar surface area (TPSA) is 49.3 Å². The number of nitrogens with one attached hydrogen (secondary N) is 1. The molecule has 0 fully saturated rings. The van der Waals surface area contributed by atoms with Crippen LogP contribution in [0.3, 0.4) is 0 Å². The van der Waals surface area contributed by atoms with Gasteiger partial charge < -0.3 is 5.11 Å². The highest BCUT2D eigenvalue weighted by Crippen LogP contribution is 2.06. The van der Waals surface area contributed by atoms with Crippen molar-refractivity contribution in [2.75, 3.05) is 6.26 Å². The minimum absolute atomic E-state index is 0.412. The van der Waals surface area contributed by atoms with Gasteiger partial charge in [-0.15, -0.1) is 0 Å². The molecule has 0 aromatic heterocycles. The third-order valence-electron chi connectivity index (χ3n) is 1.27. The number of rotatable bonds is 5. The molecule has 0 radical (unpaired) electrons. The molecule has 0 rings (SSSR count). The van der Waals surface area contributed by atoms with E-state index in [4.69, 9.17) is 5.11 Å². The Morgan fingerprint density at radius 1 is 1.64 bits per heavy atom. The lowest BCUT2D eigenvalue weighted by atomic mass is 10.1. The summed E-state index contributed by atoms with van der Waals surface area (Å²) in [4.78, 5) is 10.5. The maximum absolute atomic E-state index is 10.5. The van der Waals surface area contributed by atoms with Gasteiger partial charge >= 0.3 is 5.97 Å². The lowest BCUT2D eigenvalue weighted by Crippen LogP contribution is -2.33. The number of hydrogen-bond donors (Lipinski definition) is 2. The first-order valence-corrected chi connectivity index (χ1v) is 4.81. The van der Waals surface area contributed by atoms with Crippen molar-refractivity contribution in [2.45, 2.75) is 26.3 Å². The van der Waals surface area contributed by atoms with E-state index in [1.165, 1.54) is 11.9 Å². The van der Waals surface area contributed by atoms with E-state index in [0.717, 1.165) is 0 Å². The number of aliphatic carboxylic acids is 1. The Hall–Kier alpha value is -0.220. The molecule has 0 aliphatic carbocycles. The molecule has 4 heteroatoms. The van der Waals surface area contributed by atoms with Crippen LogP contribution >= 0.6 is 11.9 Å². The first-order chi connectivity index (χ1) is 5.07. The summed E-state index contributed by atoms with van der Waals surface area (Å²) in [6.07, 6.45) is 2.51. The van der Waals surface area contributed by atoms with Gasteiger partial charge in [0.15, 0.2) is 0 Å². The van der Waals surface area contributed by atoms with E-state index < -0.39 is 12.0 Å².